The van der Waals surface area contributed by atoms with Crippen molar-refractivity contribution in [3.8, 4) is 0 Å². The molecule has 1 aliphatic rings. The number of methoxy groups -OCH3 is 1. The van der Waals surface area contributed by atoms with Gasteiger partial charge in [0.2, 0.25) is 10.0 Å². The molecule has 7 heteroatoms. The molecule has 0 saturated carbocycles. The zero-order chi connectivity index (χ0) is 17.0. The van der Waals surface area contributed by atoms with Crippen molar-refractivity contribution in [2.45, 2.75) is 39.4 Å². The van der Waals surface area contributed by atoms with Gasteiger partial charge in [0.1, 0.15) is 6.10 Å². The van der Waals surface area contributed by atoms with Crippen LogP contribution in [0.15, 0.2) is 23.4 Å². The van der Waals surface area contributed by atoms with Gasteiger partial charge in [-0.05, 0) is 43.5 Å². The van der Waals surface area contributed by atoms with Crippen LogP contribution < -0.4 is 4.72 Å². The Bertz CT molecular complexity index is 685. The molecular weight excluding hydrogens is 316 g/mol. The SMILES string of the molecule is CO[C@@H](C)CS(=O)(=O)NC[C@H]1CC(c2ccc(C)c(C)c2)=NO1. The Morgan fingerprint density at radius 2 is 2.13 bits per heavy atom. The van der Waals surface area contributed by atoms with Crippen LogP contribution in [0.5, 0.6) is 0 Å². The molecule has 2 atom stereocenters. The number of aryl methyl sites for hydroxylation is 2. The molecule has 0 bridgehead atoms. The van der Waals surface area contributed by atoms with E-state index in [4.69, 9.17) is 9.57 Å². The summed E-state index contributed by atoms with van der Waals surface area (Å²) in [6, 6.07) is 6.14. The van der Waals surface area contributed by atoms with Gasteiger partial charge in [-0.1, -0.05) is 17.3 Å². The summed E-state index contributed by atoms with van der Waals surface area (Å²) in [5.41, 5.74) is 4.29. The van der Waals surface area contributed by atoms with Gasteiger partial charge in [0.15, 0.2) is 0 Å². The lowest BCUT2D eigenvalue weighted by Gasteiger charge is -2.13. The topological polar surface area (TPSA) is 77.0 Å². The molecule has 1 N–H and O–H groups in total. The predicted octanol–water partition coefficient (Wildman–Crippen LogP) is 1.75. The maximum absolute atomic E-state index is 11.9. The van der Waals surface area contributed by atoms with E-state index in [2.05, 4.69) is 35.9 Å². The Morgan fingerprint density at radius 1 is 1.39 bits per heavy atom. The maximum Gasteiger partial charge on any atom is 0.214 e. The molecule has 0 fully saturated rings. The van der Waals surface area contributed by atoms with Crippen LogP contribution in [0.3, 0.4) is 0 Å². The molecule has 0 radical (unpaired) electrons. The Labute approximate surface area is 137 Å². The Balaban J connectivity index is 1.88. The van der Waals surface area contributed by atoms with Crippen molar-refractivity contribution in [1.82, 2.24) is 4.72 Å². The maximum atomic E-state index is 11.9. The Kier molecular flexibility index (Phi) is 5.78. The third-order valence-electron chi connectivity index (χ3n) is 3.96. The minimum absolute atomic E-state index is 0.0684. The van der Waals surface area contributed by atoms with E-state index < -0.39 is 10.0 Å². The number of nitrogens with zero attached hydrogens (tertiary/aromatic N) is 1. The number of ether oxygens (including phenoxy) is 1. The first-order valence-corrected chi connectivity index (χ1v) is 9.26. The average molecular weight is 340 g/mol. The molecule has 0 spiro atoms. The molecule has 0 unspecified atom stereocenters. The molecular formula is C16H24N2O4S. The van der Waals surface area contributed by atoms with Crippen molar-refractivity contribution >= 4 is 15.7 Å². The molecule has 2 rings (SSSR count). The van der Waals surface area contributed by atoms with Crippen LogP contribution in [0.2, 0.25) is 0 Å². The van der Waals surface area contributed by atoms with Gasteiger partial charge in [-0.25, -0.2) is 13.1 Å². The van der Waals surface area contributed by atoms with Gasteiger partial charge in [-0.2, -0.15) is 0 Å². The van der Waals surface area contributed by atoms with Gasteiger partial charge in [0.05, 0.1) is 24.1 Å². The van der Waals surface area contributed by atoms with E-state index in [1.165, 1.54) is 18.2 Å². The fourth-order valence-corrected chi connectivity index (χ4v) is 3.60. The number of rotatable bonds is 7. The van der Waals surface area contributed by atoms with E-state index in [-0.39, 0.29) is 24.5 Å². The zero-order valence-corrected chi connectivity index (χ0v) is 14.8. The fourth-order valence-electron chi connectivity index (χ4n) is 2.29. The smallest absolute Gasteiger partial charge is 0.214 e. The second-order valence-corrected chi connectivity index (χ2v) is 7.80. The molecule has 1 heterocycles. The van der Waals surface area contributed by atoms with Crippen LogP contribution in [0.4, 0.5) is 0 Å². The highest BCUT2D eigenvalue weighted by atomic mass is 32.2. The number of hydrogen-bond donors (Lipinski definition) is 1. The highest BCUT2D eigenvalue weighted by Crippen LogP contribution is 2.19. The standard InChI is InChI=1S/C16H24N2O4S/c1-11-5-6-14(7-12(11)2)16-8-15(22-18-16)9-17-23(19,20)10-13(3)21-4/h5-7,13,15,17H,8-10H2,1-4H3/t13-,15+/m0/s1. The Morgan fingerprint density at radius 3 is 2.78 bits per heavy atom. The van der Waals surface area contributed by atoms with E-state index in [9.17, 15) is 8.42 Å². The lowest BCUT2D eigenvalue weighted by molar-refractivity contribution is 0.0889. The summed E-state index contributed by atoms with van der Waals surface area (Å²) in [7, 11) is -1.89. The molecule has 0 aliphatic carbocycles. The van der Waals surface area contributed by atoms with Gasteiger partial charge >= 0.3 is 0 Å². The minimum Gasteiger partial charge on any atom is -0.390 e. The molecule has 1 aliphatic heterocycles. The summed E-state index contributed by atoms with van der Waals surface area (Å²) < 4.78 is 31.3. The van der Waals surface area contributed by atoms with Crippen LogP contribution in [-0.2, 0) is 19.6 Å². The minimum atomic E-state index is -3.38. The van der Waals surface area contributed by atoms with Gasteiger partial charge in [-0.3, -0.25) is 0 Å². The molecule has 23 heavy (non-hydrogen) atoms. The summed E-state index contributed by atoms with van der Waals surface area (Å²) in [6.07, 6.45) is -0.0382. The van der Waals surface area contributed by atoms with Gasteiger partial charge in [0.25, 0.3) is 0 Å². The first-order chi connectivity index (χ1) is 10.8. The van der Waals surface area contributed by atoms with E-state index in [1.807, 2.05) is 6.07 Å². The number of oxime groups is 1. The van der Waals surface area contributed by atoms with Gasteiger partial charge in [-0.15, -0.1) is 0 Å². The highest BCUT2D eigenvalue weighted by molar-refractivity contribution is 7.89. The predicted molar refractivity (Wildman–Crippen MR) is 90.2 cm³/mol. The fraction of sp³-hybridized carbons (Fsp3) is 0.562. The number of nitrogens with one attached hydrogen (secondary N) is 1. The van der Waals surface area contributed by atoms with E-state index in [0.717, 1.165) is 11.3 Å². The van der Waals surface area contributed by atoms with Crippen molar-refractivity contribution in [2.24, 2.45) is 5.16 Å². The van der Waals surface area contributed by atoms with E-state index in [1.54, 1.807) is 6.92 Å². The first kappa shape index (κ1) is 17.9. The first-order valence-electron chi connectivity index (χ1n) is 7.61. The molecule has 0 saturated heterocycles. The summed E-state index contributed by atoms with van der Waals surface area (Å²) in [5, 5.41) is 4.09. The lowest BCUT2D eigenvalue weighted by Crippen LogP contribution is -2.36. The van der Waals surface area contributed by atoms with Crippen LogP contribution in [-0.4, -0.2) is 45.7 Å². The largest absolute Gasteiger partial charge is 0.390 e. The van der Waals surface area contributed by atoms with E-state index in [0.29, 0.717) is 6.42 Å². The van der Waals surface area contributed by atoms with Crippen LogP contribution >= 0.6 is 0 Å². The molecule has 128 valence electrons. The molecule has 1 aromatic rings. The van der Waals surface area contributed by atoms with Gasteiger partial charge < -0.3 is 9.57 Å². The highest BCUT2D eigenvalue weighted by Gasteiger charge is 2.25. The average Bonchev–Trinajstić information content (AvgIpc) is 2.96. The normalized spacial score (nSPS) is 19.3. The second-order valence-electron chi connectivity index (χ2n) is 5.94. The lowest BCUT2D eigenvalue weighted by atomic mass is 10.0. The van der Waals surface area contributed by atoms with Crippen molar-refractivity contribution in [1.29, 1.82) is 0 Å². The number of hydrogen-bond acceptors (Lipinski definition) is 5. The van der Waals surface area contributed by atoms with Crippen LogP contribution in [0.25, 0.3) is 0 Å². The molecule has 0 amide bonds. The summed E-state index contributed by atoms with van der Waals surface area (Å²) in [4.78, 5) is 5.35. The third-order valence-corrected chi connectivity index (χ3v) is 5.48. The second kappa shape index (κ2) is 7.42. The summed E-state index contributed by atoms with van der Waals surface area (Å²) in [6.45, 7) is 6.03. The summed E-state index contributed by atoms with van der Waals surface area (Å²) in [5.74, 6) is -0.0684. The van der Waals surface area contributed by atoms with Gasteiger partial charge in [0, 0.05) is 13.5 Å². The van der Waals surface area contributed by atoms with Crippen molar-refractivity contribution in [3.05, 3.63) is 34.9 Å². The molecule has 0 aromatic heterocycles. The molecule has 1 aromatic carbocycles. The third kappa shape index (κ3) is 5.02. The quantitative estimate of drug-likeness (QED) is 0.820. The van der Waals surface area contributed by atoms with Crippen molar-refractivity contribution in [3.63, 3.8) is 0 Å². The van der Waals surface area contributed by atoms with Crippen molar-refractivity contribution < 1.29 is 18.0 Å². The zero-order valence-electron chi connectivity index (χ0n) is 14.0. The number of benzene rings is 1. The van der Waals surface area contributed by atoms with E-state index >= 15 is 0 Å². The monoisotopic (exact) mass is 340 g/mol. The number of sulfonamides is 1. The van der Waals surface area contributed by atoms with Crippen molar-refractivity contribution in [2.75, 3.05) is 19.4 Å². The van der Waals surface area contributed by atoms with Crippen LogP contribution in [0.1, 0.15) is 30.0 Å². The summed E-state index contributed by atoms with van der Waals surface area (Å²) >= 11 is 0. The molecule has 6 nitrogen and oxygen atoms in total. The van der Waals surface area contributed by atoms with Crippen LogP contribution in [0, 0.1) is 13.8 Å². The Hall–Kier alpha value is -1.44.